The van der Waals surface area contributed by atoms with Gasteiger partial charge in [-0.3, -0.25) is 14.5 Å². The van der Waals surface area contributed by atoms with Gasteiger partial charge >= 0.3 is 6.03 Å². The van der Waals surface area contributed by atoms with E-state index in [4.69, 9.17) is 11.6 Å². The number of nitrogens with zero attached hydrogens (tertiary/aromatic N) is 2. The number of halogens is 1. The number of urea groups is 1. The molecule has 38 heavy (non-hydrogen) atoms. The van der Waals surface area contributed by atoms with Gasteiger partial charge in [0.25, 0.3) is 5.91 Å². The molecule has 2 heterocycles. The van der Waals surface area contributed by atoms with Crippen molar-refractivity contribution in [2.75, 3.05) is 18.9 Å². The number of amides is 4. The van der Waals surface area contributed by atoms with Gasteiger partial charge in [-0.15, -0.1) is 0 Å². The van der Waals surface area contributed by atoms with Crippen LogP contribution in [0.1, 0.15) is 28.3 Å². The quantitative estimate of drug-likeness (QED) is 0.472. The first-order valence-electron chi connectivity index (χ1n) is 12.5. The summed E-state index contributed by atoms with van der Waals surface area (Å²) >= 11 is 6.47. The molecule has 2 N–H and O–H groups in total. The van der Waals surface area contributed by atoms with E-state index in [2.05, 4.69) is 10.6 Å². The van der Waals surface area contributed by atoms with Gasteiger partial charge in [-0.1, -0.05) is 66.2 Å². The van der Waals surface area contributed by atoms with Gasteiger partial charge in [-0.25, -0.2) is 4.79 Å². The average molecular weight is 529 g/mol. The Labute approximate surface area is 227 Å². The molecular weight excluding hydrogens is 500 g/mol. The first-order valence-corrected chi connectivity index (χ1v) is 12.9. The van der Waals surface area contributed by atoms with Crippen LogP contribution in [0.5, 0.6) is 0 Å². The van der Waals surface area contributed by atoms with Crippen molar-refractivity contribution in [1.82, 2.24) is 15.1 Å². The first-order chi connectivity index (χ1) is 18.2. The normalized spacial score (nSPS) is 17.8. The van der Waals surface area contributed by atoms with E-state index in [1.165, 1.54) is 4.90 Å². The van der Waals surface area contributed by atoms with Crippen LogP contribution in [-0.4, -0.2) is 47.3 Å². The summed E-state index contributed by atoms with van der Waals surface area (Å²) in [6, 6.07) is 20.7. The van der Waals surface area contributed by atoms with Crippen molar-refractivity contribution in [3.8, 4) is 0 Å². The van der Waals surface area contributed by atoms with E-state index in [-0.39, 0.29) is 24.4 Å². The molecule has 2 aliphatic rings. The van der Waals surface area contributed by atoms with Gasteiger partial charge < -0.3 is 15.5 Å². The highest BCUT2D eigenvalue weighted by Crippen LogP contribution is 2.39. The van der Waals surface area contributed by atoms with Crippen LogP contribution in [0.4, 0.5) is 10.5 Å². The SMILES string of the molecule is Cc1ccc(NC(=O)[C@H](Cc2ccccc2)N2CC3=C(C2=O)[C@H](c2ccccc2Cl)NC(=O)N3C)cc1C. The van der Waals surface area contributed by atoms with Gasteiger partial charge in [-0.2, -0.15) is 0 Å². The largest absolute Gasteiger partial charge is 0.326 e. The zero-order chi connectivity index (χ0) is 27.0. The minimum absolute atomic E-state index is 0.136. The van der Waals surface area contributed by atoms with E-state index >= 15 is 0 Å². The number of carbonyl (C=O) groups is 3. The Kier molecular flexibility index (Phi) is 6.95. The fraction of sp³-hybridized carbons (Fsp3) is 0.233. The number of nitrogens with one attached hydrogen (secondary N) is 2. The number of anilines is 1. The molecule has 0 saturated heterocycles. The highest BCUT2D eigenvalue weighted by molar-refractivity contribution is 6.31. The molecular formula is C30H29ClN4O3. The van der Waals surface area contributed by atoms with Crippen molar-refractivity contribution < 1.29 is 14.4 Å². The van der Waals surface area contributed by atoms with Crippen LogP contribution in [-0.2, 0) is 16.0 Å². The Morgan fingerprint density at radius 1 is 1.03 bits per heavy atom. The maximum absolute atomic E-state index is 14.0. The molecule has 0 unspecified atom stereocenters. The molecule has 0 spiro atoms. The van der Waals surface area contributed by atoms with Crippen molar-refractivity contribution in [2.45, 2.75) is 32.4 Å². The molecule has 2 atom stereocenters. The van der Waals surface area contributed by atoms with E-state index in [0.29, 0.717) is 34.0 Å². The van der Waals surface area contributed by atoms with Gasteiger partial charge in [0.15, 0.2) is 0 Å². The predicted octanol–water partition coefficient (Wildman–Crippen LogP) is 5.00. The molecule has 0 aromatic heterocycles. The lowest BCUT2D eigenvalue weighted by atomic mass is 9.95. The Morgan fingerprint density at radius 3 is 2.45 bits per heavy atom. The smallest absolute Gasteiger partial charge is 0.322 e. The fourth-order valence-electron chi connectivity index (χ4n) is 5.01. The zero-order valence-electron chi connectivity index (χ0n) is 21.5. The minimum atomic E-state index is -0.799. The molecule has 0 bridgehead atoms. The van der Waals surface area contributed by atoms with Crippen molar-refractivity contribution >= 4 is 35.1 Å². The number of benzene rings is 3. The van der Waals surface area contributed by atoms with Gasteiger partial charge in [-0.05, 0) is 54.3 Å². The molecule has 3 aromatic carbocycles. The van der Waals surface area contributed by atoms with E-state index in [0.717, 1.165) is 16.7 Å². The van der Waals surface area contributed by atoms with E-state index in [1.807, 2.05) is 68.4 Å². The second-order valence-electron chi connectivity index (χ2n) is 9.75. The number of likely N-dealkylation sites (N-methyl/N-ethyl adjacent to an activating group) is 1. The van der Waals surface area contributed by atoms with Crippen molar-refractivity contribution in [3.05, 3.63) is 111 Å². The fourth-order valence-corrected chi connectivity index (χ4v) is 5.25. The van der Waals surface area contributed by atoms with Crippen LogP contribution in [0.3, 0.4) is 0 Å². The molecule has 8 heteroatoms. The summed E-state index contributed by atoms with van der Waals surface area (Å²) < 4.78 is 0. The Bertz CT molecular complexity index is 1450. The van der Waals surface area contributed by atoms with E-state index in [9.17, 15) is 14.4 Å². The summed E-state index contributed by atoms with van der Waals surface area (Å²) in [5, 5.41) is 6.38. The van der Waals surface area contributed by atoms with Crippen molar-refractivity contribution in [1.29, 1.82) is 0 Å². The van der Waals surface area contributed by atoms with Crippen molar-refractivity contribution in [2.24, 2.45) is 0 Å². The van der Waals surface area contributed by atoms with Crippen LogP contribution in [0.2, 0.25) is 5.02 Å². The third kappa shape index (κ3) is 4.77. The maximum Gasteiger partial charge on any atom is 0.322 e. The second-order valence-corrected chi connectivity index (χ2v) is 10.2. The van der Waals surface area contributed by atoms with Crippen molar-refractivity contribution in [3.63, 3.8) is 0 Å². The Balaban J connectivity index is 1.50. The van der Waals surface area contributed by atoms with Gasteiger partial charge in [0.1, 0.15) is 6.04 Å². The lowest BCUT2D eigenvalue weighted by Gasteiger charge is -2.31. The predicted molar refractivity (Wildman–Crippen MR) is 148 cm³/mol. The first kappa shape index (κ1) is 25.5. The second kappa shape index (κ2) is 10.3. The molecule has 0 aliphatic carbocycles. The van der Waals surface area contributed by atoms with Crippen LogP contribution >= 0.6 is 11.6 Å². The highest BCUT2D eigenvalue weighted by atomic mass is 35.5. The molecule has 7 nitrogen and oxygen atoms in total. The maximum atomic E-state index is 14.0. The minimum Gasteiger partial charge on any atom is -0.326 e. The summed E-state index contributed by atoms with van der Waals surface area (Å²) in [4.78, 5) is 43.7. The Hall–Kier alpha value is -4.10. The number of hydrogen-bond donors (Lipinski definition) is 2. The van der Waals surface area contributed by atoms with Gasteiger partial charge in [0.05, 0.1) is 23.9 Å². The van der Waals surface area contributed by atoms with Gasteiger partial charge in [0.2, 0.25) is 5.91 Å². The summed E-state index contributed by atoms with van der Waals surface area (Å²) in [6.07, 6.45) is 0.325. The number of rotatable bonds is 6. The monoisotopic (exact) mass is 528 g/mol. The summed E-state index contributed by atoms with van der Waals surface area (Å²) in [6.45, 7) is 4.14. The van der Waals surface area contributed by atoms with Gasteiger partial charge in [0, 0.05) is 24.2 Å². The summed E-state index contributed by atoms with van der Waals surface area (Å²) in [5.74, 6) is -0.588. The van der Waals surface area contributed by atoms with Crippen LogP contribution in [0.15, 0.2) is 84.1 Å². The molecule has 2 aliphatic heterocycles. The number of carbonyl (C=O) groups excluding carboxylic acids is 3. The Morgan fingerprint density at radius 2 is 1.74 bits per heavy atom. The molecule has 5 rings (SSSR count). The number of hydrogen-bond acceptors (Lipinski definition) is 3. The molecule has 194 valence electrons. The average Bonchev–Trinajstić information content (AvgIpc) is 3.25. The topological polar surface area (TPSA) is 81.8 Å². The summed E-state index contributed by atoms with van der Waals surface area (Å²) in [7, 11) is 1.63. The lowest BCUT2D eigenvalue weighted by Crippen LogP contribution is -2.47. The third-order valence-electron chi connectivity index (χ3n) is 7.33. The molecule has 4 amide bonds. The van der Waals surface area contributed by atoms with E-state index in [1.54, 1.807) is 30.1 Å². The number of aryl methyl sites for hydroxylation is 2. The van der Waals surface area contributed by atoms with E-state index < -0.39 is 12.1 Å². The van der Waals surface area contributed by atoms with Crippen LogP contribution in [0.25, 0.3) is 0 Å². The standard InChI is InChI=1S/C30H29ClN4O3/c1-18-13-14-21(15-19(18)2)32-28(36)24(16-20-9-5-4-6-10-20)35-17-25-26(29(35)37)27(33-30(38)34(25)3)22-11-7-8-12-23(22)31/h4-15,24,27H,16-17H2,1-3H3,(H,32,36)(H,33,38)/t24-,27-/m0/s1. The summed E-state index contributed by atoms with van der Waals surface area (Å²) in [5.41, 5.74) is 5.42. The van der Waals surface area contributed by atoms with Crippen LogP contribution in [0, 0.1) is 13.8 Å². The highest BCUT2D eigenvalue weighted by Gasteiger charge is 2.46. The third-order valence-corrected chi connectivity index (χ3v) is 7.67. The van der Waals surface area contributed by atoms with Crippen LogP contribution < -0.4 is 10.6 Å². The zero-order valence-corrected chi connectivity index (χ0v) is 22.3. The molecule has 0 saturated carbocycles. The molecule has 0 fully saturated rings. The molecule has 3 aromatic rings. The lowest BCUT2D eigenvalue weighted by molar-refractivity contribution is -0.134. The molecule has 0 radical (unpaired) electrons.